The first-order valence-electron chi connectivity index (χ1n) is 9.40. The van der Waals surface area contributed by atoms with Crippen molar-refractivity contribution in [3.8, 4) is 11.5 Å². The van der Waals surface area contributed by atoms with Crippen LogP contribution in [-0.2, 0) is 19.4 Å². The van der Waals surface area contributed by atoms with Crippen molar-refractivity contribution in [2.45, 2.75) is 25.8 Å². The average Bonchev–Trinajstić information content (AvgIpc) is 3.16. The summed E-state index contributed by atoms with van der Waals surface area (Å²) in [6.45, 7) is 0.812. The van der Waals surface area contributed by atoms with E-state index in [1.807, 2.05) is 18.2 Å². The first-order valence-corrected chi connectivity index (χ1v) is 9.40. The Morgan fingerprint density at radius 3 is 2.63 bits per heavy atom. The highest BCUT2D eigenvalue weighted by atomic mass is 15.2. The van der Waals surface area contributed by atoms with Gasteiger partial charge in [0.15, 0.2) is 5.82 Å². The fraction of sp³-hybridized carbons (Fsp3) is 0.318. The van der Waals surface area contributed by atoms with Crippen molar-refractivity contribution in [2.75, 3.05) is 30.9 Å². The van der Waals surface area contributed by atoms with Gasteiger partial charge in [-0.25, -0.2) is 9.97 Å². The molecule has 1 aromatic carbocycles. The van der Waals surface area contributed by atoms with E-state index >= 15 is 0 Å². The molecule has 138 valence electrons. The van der Waals surface area contributed by atoms with Gasteiger partial charge < -0.3 is 9.80 Å². The predicted octanol–water partition coefficient (Wildman–Crippen LogP) is 3.73. The lowest BCUT2D eigenvalue weighted by molar-refractivity contribution is 0.870. The molecule has 2 heterocycles. The molecule has 0 atom stereocenters. The van der Waals surface area contributed by atoms with Crippen molar-refractivity contribution in [3.63, 3.8) is 0 Å². The molecule has 0 unspecified atom stereocenters. The SMILES string of the molecule is CN(C)c1cccc(CN(C)c2nc(-c3ccccn3)nc3c2CCC3)c1. The van der Waals surface area contributed by atoms with Gasteiger partial charge in [-0.3, -0.25) is 4.98 Å². The Morgan fingerprint density at radius 1 is 0.963 bits per heavy atom. The van der Waals surface area contributed by atoms with E-state index in [0.717, 1.165) is 43.1 Å². The number of pyridine rings is 1. The van der Waals surface area contributed by atoms with Gasteiger partial charge in [0.25, 0.3) is 0 Å². The van der Waals surface area contributed by atoms with E-state index in [-0.39, 0.29) is 0 Å². The summed E-state index contributed by atoms with van der Waals surface area (Å²) in [5.41, 5.74) is 5.78. The summed E-state index contributed by atoms with van der Waals surface area (Å²) in [5.74, 6) is 1.76. The van der Waals surface area contributed by atoms with Crippen LogP contribution >= 0.6 is 0 Å². The topological polar surface area (TPSA) is 45.2 Å². The van der Waals surface area contributed by atoms with E-state index in [2.05, 4.69) is 60.2 Å². The van der Waals surface area contributed by atoms with Crippen molar-refractivity contribution in [2.24, 2.45) is 0 Å². The van der Waals surface area contributed by atoms with E-state index in [1.165, 1.54) is 22.5 Å². The van der Waals surface area contributed by atoms with Crippen molar-refractivity contribution >= 4 is 11.5 Å². The Morgan fingerprint density at radius 2 is 1.85 bits per heavy atom. The van der Waals surface area contributed by atoms with Crippen molar-refractivity contribution in [1.29, 1.82) is 0 Å². The Kier molecular flexibility index (Phi) is 4.75. The molecule has 3 aromatic rings. The molecule has 0 bridgehead atoms. The molecule has 5 heteroatoms. The molecular formula is C22H25N5. The Labute approximate surface area is 160 Å². The summed E-state index contributed by atoms with van der Waals surface area (Å²) >= 11 is 0. The lowest BCUT2D eigenvalue weighted by Crippen LogP contribution is -2.21. The second-order valence-electron chi connectivity index (χ2n) is 7.28. The third kappa shape index (κ3) is 3.63. The highest BCUT2D eigenvalue weighted by Gasteiger charge is 2.22. The Balaban J connectivity index is 1.68. The Hall–Kier alpha value is -2.95. The summed E-state index contributed by atoms with van der Waals surface area (Å²) in [6, 6.07) is 14.5. The van der Waals surface area contributed by atoms with Gasteiger partial charge in [-0.05, 0) is 49.1 Å². The van der Waals surface area contributed by atoms with Gasteiger partial charge in [0.2, 0.25) is 0 Å². The average molecular weight is 359 g/mol. The molecule has 0 fully saturated rings. The number of fused-ring (bicyclic) bond motifs is 1. The number of benzene rings is 1. The molecule has 2 aromatic heterocycles. The second-order valence-corrected chi connectivity index (χ2v) is 7.28. The molecule has 0 radical (unpaired) electrons. The second kappa shape index (κ2) is 7.35. The van der Waals surface area contributed by atoms with Crippen LogP contribution in [-0.4, -0.2) is 36.1 Å². The highest BCUT2D eigenvalue weighted by molar-refractivity contribution is 5.59. The number of hydrogen-bond donors (Lipinski definition) is 0. The Bertz CT molecular complexity index is 937. The third-order valence-electron chi connectivity index (χ3n) is 5.01. The quantitative estimate of drug-likeness (QED) is 0.695. The van der Waals surface area contributed by atoms with Gasteiger partial charge in [-0.15, -0.1) is 0 Å². The smallest absolute Gasteiger partial charge is 0.180 e. The van der Waals surface area contributed by atoms with Crippen LogP contribution in [0, 0.1) is 0 Å². The van der Waals surface area contributed by atoms with Crippen LogP contribution in [0.15, 0.2) is 48.7 Å². The van der Waals surface area contributed by atoms with Crippen molar-refractivity contribution in [3.05, 3.63) is 65.5 Å². The summed E-state index contributed by atoms with van der Waals surface area (Å²) in [4.78, 5) is 18.5. The van der Waals surface area contributed by atoms with E-state index in [1.54, 1.807) is 6.20 Å². The number of rotatable bonds is 5. The van der Waals surface area contributed by atoms with Crippen LogP contribution in [0.5, 0.6) is 0 Å². The standard InChI is InChI=1S/C22H25N5/c1-26(2)17-9-6-8-16(14-17)15-27(3)22-18-10-7-12-19(18)24-21(25-22)20-11-4-5-13-23-20/h4-6,8-9,11,13-14H,7,10,12,15H2,1-3H3. The van der Waals surface area contributed by atoms with Gasteiger partial charge >= 0.3 is 0 Å². The molecule has 0 N–H and O–H groups in total. The molecule has 0 saturated heterocycles. The van der Waals surface area contributed by atoms with Gasteiger partial charge in [0, 0.05) is 50.8 Å². The molecular weight excluding hydrogens is 334 g/mol. The first kappa shape index (κ1) is 17.5. The lowest BCUT2D eigenvalue weighted by atomic mass is 10.1. The number of nitrogens with zero attached hydrogens (tertiary/aromatic N) is 5. The summed E-state index contributed by atoms with van der Waals surface area (Å²) in [5, 5.41) is 0. The van der Waals surface area contributed by atoms with E-state index in [4.69, 9.17) is 9.97 Å². The molecule has 5 nitrogen and oxygen atoms in total. The largest absolute Gasteiger partial charge is 0.378 e. The summed E-state index contributed by atoms with van der Waals surface area (Å²) < 4.78 is 0. The molecule has 0 saturated carbocycles. The molecule has 1 aliphatic carbocycles. The van der Waals surface area contributed by atoms with Crippen LogP contribution in [0.3, 0.4) is 0 Å². The van der Waals surface area contributed by atoms with Crippen molar-refractivity contribution < 1.29 is 0 Å². The fourth-order valence-electron chi connectivity index (χ4n) is 3.62. The minimum atomic E-state index is 0.722. The van der Waals surface area contributed by atoms with Crippen LogP contribution in [0.1, 0.15) is 23.2 Å². The zero-order valence-corrected chi connectivity index (χ0v) is 16.2. The predicted molar refractivity (Wildman–Crippen MR) is 110 cm³/mol. The number of hydrogen-bond acceptors (Lipinski definition) is 5. The maximum absolute atomic E-state index is 4.91. The van der Waals surface area contributed by atoms with E-state index in [9.17, 15) is 0 Å². The zero-order chi connectivity index (χ0) is 18.8. The van der Waals surface area contributed by atoms with Crippen LogP contribution in [0.4, 0.5) is 11.5 Å². The van der Waals surface area contributed by atoms with Crippen LogP contribution in [0.2, 0.25) is 0 Å². The number of aryl methyl sites for hydroxylation is 1. The molecule has 0 spiro atoms. The first-order chi connectivity index (χ1) is 13.1. The number of aromatic nitrogens is 3. The highest BCUT2D eigenvalue weighted by Crippen LogP contribution is 2.31. The molecule has 1 aliphatic rings. The maximum Gasteiger partial charge on any atom is 0.180 e. The normalized spacial score (nSPS) is 12.7. The van der Waals surface area contributed by atoms with Gasteiger partial charge in [0.05, 0.1) is 0 Å². The minimum absolute atomic E-state index is 0.722. The maximum atomic E-state index is 4.91. The fourth-order valence-corrected chi connectivity index (χ4v) is 3.62. The molecule has 0 aliphatic heterocycles. The van der Waals surface area contributed by atoms with Gasteiger partial charge in [-0.1, -0.05) is 18.2 Å². The molecule has 4 rings (SSSR count). The summed E-state index contributed by atoms with van der Waals surface area (Å²) in [6.07, 6.45) is 5.01. The molecule has 27 heavy (non-hydrogen) atoms. The number of anilines is 2. The zero-order valence-electron chi connectivity index (χ0n) is 16.2. The lowest BCUT2D eigenvalue weighted by Gasteiger charge is -2.22. The third-order valence-corrected chi connectivity index (χ3v) is 5.01. The van der Waals surface area contributed by atoms with Crippen LogP contribution < -0.4 is 9.80 Å². The van der Waals surface area contributed by atoms with Gasteiger partial charge in [0.1, 0.15) is 11.5 Å². The monoisotopic (exact) mass is 359 g/mol. The van der Waals surface area contributed by atoms with E-state index < -0.39 is 0 Å². The molecule has 0 amide bonds. The van der Waals surface area contributed by atoms with Crippen LogP contribution in [0.25, 0.3) is 11.5 Å². The van der Waals surface area contributed by atoms with E-state index in [0.29, 0.717) is 0 Å². The summed E-state index contributed by atoms with van der Waals surface area (Å²) in [7, 11) is 6.25. The van der Waals surface area contributed by atoms with Crippen molar-refractivity contribution in [1.82, 2.24) is 15.0 Å². The minimum Gasteiger partial charge on any atom is -0.378 e. The van der Waals surface area contributed by atoms with Gasteiger partial charge in [-0.2, -0.15) is 0 Å².